The molecule has 3 nitrogen and oxygen atoms in total. The fourth-order valence-electron chi connectivity index (χ4n) is 2.03. The number of hydrogen-bond acceptors (Lipinski definition) is 3. The molecule has 0 aliphatic rings. The predicted molar refractivity (Wildman–Crippen MR) is 72.8 cm³/mol. The second-order valence-electron chi connectivity index (χ2n) is 4.28. The Balaban J connectivity index is 2.11. The SMILES string of the molecule is CNc1ccc(-c2cc3ccc(O)cc3o2)cc1F. The Labute approximate surface area is 109 Å². The number of halogens is 1. The van der Waals surface area contributed by atoms with Gasteiger partial charge in [-0.3, -0.25) is 0 Å². The van der Waals surface area contributed by atoms with Gasteiger partial charge in [-0.05, 0) is 36.4 Å². The lowest BCUT2D eigenvalue weighted by Crippen LogP contribution is -1.92. The molecule has 0 spiro atoms. The Kier molecular flexibility index (Phi) is 2.63. The zero-order valence-electron chi connectivity index (χ0n) is 10.3. The first-order valence-corrected chi connectivity index (χ1v) is 5.87. The first kappa shape index (κ1) is 11.6. The van der Waals surface area contributed by atoms with Gasteiger partial charge in [0.05, 0.1) is 5.69 Å². The minimum Gasteiger partial charge on any atom is -0.508 e. The Hall–Kier alpha value is -2.49. The van der Waals surface area contributed by atoms with Gasteiger partial charge < -0.3 is 14.8 Å². The summed E-state index contributed by atoms with van der Waals surface area (Å²) in [4.78, 5) is 0. The van der Waals surface area contributed by atoms with Gasteiger partial charge in [0, 0.05) is 24.1 Å². The van der Waals surface area contributed by atoms with E-state index in [0.717, 1.165) is 5.39 Å². The van der Waals surface area contributed by atoms with Crippen molar-refractivity contribution in [3.63, 3.8) is 0 Å². The molecule has 0 aliphatic heterocycles. The van der Waals surface area contributed by atoms with Crippen molar-refractivity contribution in [3.05, 3.63) is 48.3 Å². The molecule has 1 heterocycles. The van der Waals surface area contributed by atoms with E-state index >= 15 is 0 Å². The fourth-order valence-corrected chi connectivity index (χ4v) is 2.03. The summed E-state index contributed by atoms with van der Waals surface area (Å²) in [6, 6.07) is 11.6. The smallest absolute Gasteiger partial charge is 0.147 e. The lowest BCUT2D eigenvalue weighted by atomic mass is 10.1. The van der Waals surface area contributed by atoms with Crippen molar-refractivity contribution in [2.24, 2.45) is 0 Å². The third kappa shape index (κ3) is 2.01. The van der Waals surface area contributed by atoms with Crippen LogP contribution in [0.3, 0.4) is 0 Å². The molecular weight excluding hydrogens is 245 g/mol. The zero-order valence-corrected chi connectivity index (χ0v) is 10.3. The molecule has 0 radical (unpaired) electrons. The largest absolute Gasteiger partial charge is 0.508 e. The van der Waals surface area contributed by atoms with Gasteiger partial charge in [-0.25, -0.2) is 4.39 Å². The number of fused-ring (bicyclic) bond motifs is 1. The topological polar surface area (TPSA) is 45.4 Å². The molecule has 3 aromatic rings. The van der Waals surface area contributed by atoms with Crippen LogP contribution in [0.1, 0.15) is 0 Å². The summed E-state index contributed by atoms with van der Waals surface area (Å²) in [6.07, 6.45) is 0. The van der Waals surface area contributed by atoms with Crippen molar-refractivity contribution in [3.8, 4) is 17.1 Å². The molecule has 0 aliphatic carbocycles. The maximum Gasteiger partial charge on any atom is 0.147 e. The zero-order chi connectivity index (χ0) is 13.4. The van der Waals surface area contributed by atoms with E-state index in [9.17, 15) is 9.50 Å². The van der Waals surface area contributed by atoms with E-state index in [1.165, 1.54) is 12.1 Å². The van der Waals surface area contributed by atoms with E-state index in [1.807, 2.05) is 6.07 Å². The van der Waals surface area contributed by atoms with Crippen LogP contribution in [-0.4, -0.2) is 12.2 Å². The van der Waals surface area contributed by atoms with Crippen LogP contribution in [0.2, 0.25) is 0 Å². The molecule has 0 saturated heterocycles. The van der Waals surface area contributed by atoms with E-state index in [2.05, 4.69) is 5.32 Å². The van der Waals surface area contributed by atoms with Crippen LogP contribution >= 0.6 is 0 Å². The van der Waals surface area contributed by atoms with Gasteiger partial charge in [0.2, 0.25) is 0 Å². The number of rotatable bonds is 2. The van der Waals surface area contributed by atoms with Crippen LogP contribution in [0.25, 0.3) is 22.3 Å². The molecule has 19 heavy (non-hydrogen) atoms. The predicted octanol–water partition coefficient (Wildman–Crippen LogP) is 3.99. The standard InChI is InChI=1S/C15H12FNO2/c1-17-13-5-3-9(6-12(13)16)14-7-10-2-4-11(18)8-15(10)19-14/h2-8,17-18H,1H3. The van der Waals surface area contributed by atoms with Gasteiger partial charge in [-0.15, -0.1) is 0 Å². The van der Waals surface area contributed by atoms with Crippen LogP contribution in [0.15, 0.2) is 46.9 Å². The van der Waals surface area contributed by atoms with E-state index in [0.29, 0.717) is 22.6 Å². The summed E-state index contributed by atoms with van der Waals surface area (Å²) in [5.41, 5.74) is 1.68. The molecule has 2 aromatic carbocycles. The molecular formula is C15H12FNO2. The summed E-state index contributed by atoms with van der Waals surface area (Å²) in [6.45, 7) is 0. The molecule has 0 unspecified atom stereocenters. The van der Waals surface area contributed by atoms with Crippen LogP contribution in [0, 0.1) is 5.82 Å². The summed E-state index contributed by atoms with van der Waals surface area (Å²) in [5.74, 6) is 0.385. The minimum atomic E-state index is -0.330. The number of phenols is 1. The first-order chi connectivity index (χ1) is 9.17. The molecule has 2 N–H and O–H groups in total. The number of benzene rings is 2. The molecule has 0 atom stereocenters. The number of aromatic hydroxyl groups is 1. The number of furan rings is 1. The molecule has 1 aromatic heterocycles. The van der Waals surface area contributed by atoms with Gasteiger partial charge in [0.1, 0.15) is 22.9 Å². The summed E-state index contributed by atoms with van der Waals surface area (Å²) < 4.78 is 19.3. The highest BCUT2D eigenvalue weighted by atomic mass is 19.1. The average molecular weight is 257 g/mol. The van der Waals surface area contributed by atoms with Crippen LogP contribution in [0.4, 0.5) is 10.1 Å². The van der Waals surface area contributed by atoms with Gasteiger partial charge in [-0.2, -0.15) is 0 Å². The third-order valence-corrected chi connectivity index (χ3v) is 3.03. The van der Waals surface area contributed by atoms with Crippen molar-refractivity contribution < 1.29 is 13.9 Å². The highest BCUT2D eigenvalue weighted by molar-refractivity contribution is 5.84. The molecule has 0 fully saturated rings. The second-order valence-corrected chi connectivity index (χ2v) is 4.28. The summed E-state index contributed by atoms with van der Waals surface area (Å²) in [5, 5.41) is 13.0. The normalized spacial score (nSPS) is 10.8. The quantitative estimate of drug-likeness (QED) is 0.729. The van der Waals surface area contributed by atoms with Crippen LogP contribution in [0.5, 0.6) is 5.75 Å². The average Bonchev–Trinajstić information content (AvgIpc) is 2.81. The Morgan fingerprint density at radius 1 is 1.11 bits per heavy atom. The molecule has 0 bridgehead atoms. The molecule has 3 rings (SSSR count). The van der Waals surface area contributed by atoms with Crippen molar-refractivity contribution in [1.82, 2.24) is 0 Å². The Morgan fingerprint density at radius 2 is 1.95 bits per heavy atom. The number of phenolic OH excluding ortho intramolecular Hbond substituents is 1. The fraction of sp³-hybridized carbons (Fsp3) is 0.0667. The Bertz CT molecular complexity index is 749. The number of hydrogen-bond donors (Lipinski definition) is 2. The van der Waals surface area contributed by atoms with Crippen molar-refractivity contribution in [2.45, 2.75) is 0 Å². The lowest BCUT2D eigenvalue weighted by Gasteiger charge is -2.03. The molecule has 0 saturated carbocycles. The Morgan fingerprint density at radius 3 is 2.68 bits per heavy atom. The van der Waals surface area contributed by atoms with Crippen LogP contribution in [-0.2, 0) is 0 Å². The highest BCUT2D eigenvalue weighted by Gasteiger charge is 2.09. The van der Waals surface area contributed by atoms with E-state index < -0.39 is 0 Å². The molecule has 4 heteroatoms. The second kappa shape index (κ2) is 4.31. The van der Waals surface area contributed by atoms with E-state index in [4.69, 9.17) is 4.42 Å². The van der Waals surface area contributed by atoms with Crippen molar-refractivity contribution >= 4 is 16.7 Å². The summed E-state index contributed by atoms with van der Waals surface area (Å²) >= 11 is 0. The van der Waals surface area contributed by atoms with Crippen molar-refractivity contribution in [2.75, 3.05) is 12.4 Å². The van der Waals surface area contributed by atoms with Crippen molar-refractivity contribution in [1.29, 1.82) is 0 Å². The van der Waals surface area contributed by atoms with Gasteiger partial charge in [-0.1, -0.05) is 0 Å². The summed E-state index contributed by atoms with van der Waals surface area (Å²) in [7, 11) is 1.67. The minimum absolute atomic E-state index is 0.144. The monoisotopic (exact) mass is 257 g/mol. The van der Waals surface area contributed by atoms with Gasteiger partial charge in [0.15, 0.2) is 0 Å². The maximum absolute atomic E-state index is 13.7. The van der Waals surface area contributed by atoms with E-state index in [1.54, 1.807) is 31.3 Å². The first-order valence-electron chi connectivity index (χ1n) is 5.87. The molecule has 96 valence electrons. The number of anilines is 1. The van der Waals surface area contributed by atoms with Crippen LogP contribution < -0.4 is 5.32 Å². The number of nitrogens with one attached hydrogen (secondary N) is 1. The third-order valence-electron chi connectivity index (χ3n) is 3.03. The highest BCUT2D eigenvalue weighted by Crippen LogP contribution is 2.31. The van der Waals surface area contributed by atoms with E-state index in [-0.39, 0.29) is 11.6 Å². The molecule has 0 amide bonds. The van der Waals surface area contributed by atoms with Gasteiger partial charge in [0.25, 0.3) is 0 Å². The maximum atomic E-state index is 13.7. The van der Waals surface area contributed by atoms with Gasteiger partial charge >= 0.3 is 0 Å². The lowest BCUT2D eigenvalue weighted by molar-refractivity contribution is 0.474.